The Labute approximate surface area is 206 Å². The van der Waals surface area contributed by atoms with Crippen molar-refractivity contribution >= 4 is 35.3 Å². The number of carbonyl (C=O) groups excluding carboxylic acids is 3. The number of ether oxygens (including phenoxy) is 1. The van der Waals surface area contributed by atoms with Crippen LogP contribution in [0.25, 0.3) is 0 Å². The van der Waals surface area contributed by atoms with Crippen LogP contribution < -0.4 is 26.8 Å². The normalized spacial score (nSPS) is 13.2. The highest BCUT2D eigenvalue weighted by atomic mass is 35.5. The van der Waals surface area contributed by atoms with Gasteiger partial charge in [-0.1, -0.05) is 23.7 Å². The maximum Gasteiger partial charge on any atom is 0.326 e. The van der Waals surface area contributed by atoms with Crippen LogP contribution in [0.5, 0.6) is 11.5 Å². The first-order chi connectivity index (χ1) is 16.5. The molecule has 0 aliphatic heterocycles. The Morgan fingerprint density at radius 1 is 1.06 bits per heavy atom. The van der Waals surface area contributed by atoms with Crippen molar-refractivity contribution in [2.45, 2.75) is 37.9 Å². The van der Waals surface area contributed by atoms with Crippen LogP contribution in [0, 0.1) is 0 Å². The summed E-state index contributed by atoms with van der Waals surface area (Å²) in [4.78, 5) is 49.1. The lowest BCUT2D eigenvalue weighted by molar-refractivity contribution is -0.142. The number of rotatable bonds is 12. The van der Waals surface area contributed by atoms with Gasteiger partial charge in [-0.05, 0) is 42.8 Å². The maximum atomic E-state index is 12.9. The summed E-state index contributed by atoms with van der Waals surface area (Å²) in [5, 5.41) is 23.9. The zero-order valence-corrected chi connectivity index (χ0v) is 19.6. The lowest BCUT2D eigenvalue weighted by Crippen LogP contribution is -2.53. The molecule has 0 unspecified atom stereocenters. The summed E-state index contributed by atoms with van der Waals surface area (Å²) in [5.41, 5.74) is 11.4. The molecule has 11 nitrogen and oxygen atoms in total. The number of halogens is 1. The molecule has 12 heteroatoms. The summed E-state index contributed by atoms with van der Waals surface area (Å²) < 4.78 is 5.54. The van der Waals surface area contributed by atoms with Crippen LogP contribution in [0.2, 0.25) is 5.02 Å². The number of carboxylic acids is 1. The van der Waals surface area contributed by atoms with Gasteiger partial charge in [0.1, 0.15) is 30.2 Å². The molecule has 0 bridgehead atoms. The molecule has 0 saturated carbocycles. The van der Waals surface area contributed by atoms with Gasteiger partial charge < -0.3 is 37.1 Å². The standard InChI is InChI=1S/C23H27ClN4O7/c1-12(25)11-35-19-7-4-14(24)9-16(19)21(31)27-17(10-20(26)30)22(32)28-18(23(33)34)8-13-2-5-15(29)6-3-13/h2-7,9,12,17-18,29H,8,10-11,25H2,1H3,(H2,26,30)(H,27,31)(H,28,32)(H,33,34)/t12-,17+,18+/m1/s1. The first-order valence-corrected chi connectivity index (χ1v) is 10.9. The highest BCUT2D eigenvalue weighted by molar-refractivity contribution is 6.31. The van der Waals surface area contributed by atoms with E-state index in [2.05, 4.69) is 10.6 Å². The first-order valence-electron chi connectivity index (χ1n) is 10.5. The summed E-state index contributed by atoms with van der Waals surface area (Å²) in [6, 6.07) is 6.87. The third-order valence-electron chi connectivity index (χ3n) is 4.71. The Bertz CT molecular complexity index is 1080. The van der Waals surface area contributed by atoms with Gasteiger partial charge in [0.05, 0.1) is 12.0 Å². The van der Waals surface area contributed by atoms with Gasteiger partial charge >= 0.3 is 5.97 Å². The molecule has 188 valence electrons. The fourth-order valence-electron chi connectivity index (χ4n) is 3.01. The number of phenolic OH excluding ortho intramolecular Hbond substituents is 1. The summed E-state index contributed by atoms with van der Waals surface area (Å²) in [6.45, 7) is 1.81. The fraction of sp³-hybridized carbons (Fsp3) is 0.304. The molecule has 2 rings (SSSR count). The lowest BCUT2D eigenvalue weighted by Gasteiger charge is -2.21. The molecule has 35 heavy (non-hydrogen) atoms. The summed E-state index contributed by atoms with van der Waals surface area (Å²) >= 11 is 6.00. The van der Waals surface area contributed by atoms with Crippen LogP contribution >= 0.6 is 11.6 Å². The number of aromatic hydroxyl groups is 1. The van der Waals surface area contributed by atoms with Crippen LogP contribution in [0.4, 0.5) is 0 Å². The molecule has 3 amide bonds. The molecule has 0 aliphatic carbocycles. The predicted molar refractivity (Wildman–Crippen MR) is 127 cm³/mol. The second-order valence-electron chi connectivity index (χ2n) is 7.90. The molecule has 8 N–H and O–H groups in total. The van der Waals surface area contributed by atoms with Crippen molar-refractivity contribution in [2.75, 3.05) is 6.61 Å². The molecular weight excluding hydrogens is 480 g/mol. The molecule has 0 radical (unpaired) electrons. The minimum Gasteiger partial charge on any atom is -0.508 e. The molecule has 0 heterocycles. The Kier molecular flexibility index (Phi) is 9.86. The number of carbonyl (C=O) groups is 4. The number of phenols is 1. The smallest absolute Gasteiger partial charge is 0.326 e. The second-order valence-corrected chi connectivity index (χ2v) is 8.33. The monoisotopic (exact) mass is 506 g/mol. The van der Waals surface area contributed by atoms with Crippen molar-refractivity contribution in [3.8, 4) is 11.5 Å². The van der Waals surface area contributed by atoms with Crippen LogP contribution in [0.15, 0.2) is 42.5 Å². The number of hydrogen-bond acceptors (Lipinski definition) is 7. The van der Waals surface area contributed by atoms with Crippen LogP contribution in [-0.4, -0.2) is 58.6 Å². The molecule has 0 fully saturated rings. The Hall–Kier alpha value is -3.83. The average Bonchev–Trinajstić information content (AvgIpc) is 2.78. The van der Waals surface area contributed by atoms with E-state index in [0.717, 1.165) is 0 Å². The topological polar surface area (TPSA) is 194 Å². The molecular formula is C23H27ClN4O7. The van der Waals surface area contributed by atoms with Crippen molar-refractivity contribution in [3.63, 3.8) is 0 Å². The number of hydrogen-bond donors (Lipinski definition) is 6. The molecule has 0 saturated heterocycles. The molecule has 2 aromatic rings. The van der Waals surface area contributed by atoms with E-state index >= 15 is 0 Å². The zero-order valence-electron chi connectivity index (χ0n) is 18.9. The SMILES string of the molecule is C[C@@H](N)COc1ccc(Cl)cc1C(=O)N[C@@H](CC(N)=O)C(=O)N[C@@H](Cc1ccc(O)cc1)C(=O)O. The number of primary amides is 1. The predicted octanol–water partition coefficient (Wildman–Crippen LogP) is 0.558. The number of nitrogens with one attached hydrogen (secondary N) is 2. The zero-order chi connectivity index (χ0) is 26.1. The van der Waals surface area contributed by atoms with Crippen LogP contribution in [-0.2, 0) is 20.8 Å². The van der Waals surface area contributed by atoms with Crippen molar-refractivity contribution in [3.05, 3.63) is 58.6 Å². The van der Waals surface area contributed by atoms with Gasteiger partial charge in [-0.3, -0.25) is 14.4 Å². The molecule has 3 atom stereocenters. The number of aliphatic carboxylic acids is 1. The average molecular weight is 507 g/mol. The van der Waals surface area contributed by atoms with Gasteiger partial charge in [0.2, 0.25) is 11.8 Å². The Balaban J connectivity index is 2.21. The number of nitrogens with two attached hydrogens (primary N) is 2. The molecule has 0 aliphatic rings. The van der Waals surface area contributed by atoms with Crippen LogP contribution in [0.1, 0.15) is 29.3 Å². The summed E-state index contributed by atoms with van der Waals surface area (Å²) in [7, 11) is 0. The highest BCUT2D eigenvalue weighted by Crippen LogP contribution is 2.23. The maximum absolute atomic E-state index is 12.9. The third kappa shape index (κ3) is 8.80. The van der Waals surface area contributed by atoms with Gasteiger partial charge in [0.15, 0.2) is 0 Å². The third-order valence-corrected chi connectivity index (χ3v) is 4.94. The van der Waals surface area contributed by atoms with Crippen molar-refractivity contribution in [1.82, 2.24) is 10.6 Å². The highest BCUT2D eigenvalue weighted by Gasteiger charge is 2.29. The number of amides is 3. The van der Waals surface area contributed by atoms with Gasteiger partial charge in [0, 0.05) is 17.5 Å². The minimum absolute atomic E-state index is 0.000760. The minimum atomic E-state index is -1.47. The van der Waals surface area contributed by atoms with E-state index in [0.29, 0.717) is 5.56 Å². The number of benzene rings is 2. The number of carboxylic acid groups (broad SMARTS) is 1. The first kappa shape index (κ1) is 27.4. The van der Waals surface area contributed by atoms with Gasteiger partial charge in [-0.2, -0.15) is 0 Å². The Morgan fingerprint density at radius 3 is 2.29 bits per heavy atom. The summed E-state index contributed by atoms with van der Waals surface area (Å²) in [6.07, 6.45) is -0.693. The second kappa shape index (κ2) is 12.6. The van der Waals surface area contributed by atoms with E-state index in [9.17, 15) is 29.4 Å². The van der Waals surface area contributed by atoms with Crippen molar-refractivity contribution in [2.24, 2.45) is 11.5 Å². The molecule has 2 aromatic carbocycles. The van der Waals surface area contributed by atoms with E-state index in [4.69, 9.17) is 27.8 Å². The van der Waals surface area contributed by atoms with E-state index in [1.54, 1.807) is 6.92 Å². The quantitative estimate of drug-likeness (QED) is 0.240. The van der Waals surface area contributed by atoms with Gasteiger partial charge in [-0.15, -0.1) is 0 Å². The van der Waals surface area contributed by atoms with Crippen molar-refractivity contribution < 1.29 is 34.1 Å². The van der Waals surface area contributed by atoms with Crippen molar-refractivity contribution in [1.29, 1.82) is 0 Å². The van der Waals surface area contributed by atoms with E-state index in [-0.39, 0.29) is 41.2 Å². The van der Waals surface area contributed by atoms with Crippen LogP contribution in [0.3, 0.4) is 0 Å². The van der Waals surface area contributed by atoms with Gasteiger partial charge in [0.25, 0.3) is 5.91 Å². The Morgan fingerprint density at radius 2 is 1.71 bits per heavy atom. The summed E-state index contributed by atoms with van der Waals surface area (Å²) in [5.74, 6) is -3.80. The molecule has 0 aromatic heterocycles. The largest absolute Gasteiger partial charge is 0.508 e. The fourth-order valence-corrected chi connectivity index (χ4v) is 3.19. The lowest BCUT2D eigenvalue weighted by atomic mass is 10.0. The van der Waals surface area contributed by atoms with E-state index < -0.39 is 42.2 Å². The van der Waals surface area contributed by atoms with E-state index in [1.807, 2.05) is 0 Å². The van der Waals surface area contributed by atoms with Gasteiger partial charge in [-0.25, -0.2) is 4.79 Å². The molecule has 0 spiro atoms. The van der Waals surface area contributed by atoms with E-state index in [1.165, 1.54) is 42.5 Å².